The van der Waals surface area contributed by atoms with Crippen molar-refractivity contribution < 1.29 is 0 Å². The minimum Gasteiger partial charge on any atom is -0.330 e. The van der Waals surface area contributed by atoms with E-state index in [1.54, 1.807) is 0 Å². The molecule has 0 aliphatic heterocycles. The fourth-order valence-electron chi connectivity index (χ4n) is 2.56. The van der Waals surface area contributed by atoms with Gasteiger partial charge in [0, 0.05) is 0 Å². The molecule has 15 heavy (non-hydrogen) atoms. The minimum absolute atomic E-state index is 0.753. The summed E-state index contributed by atoms with van der Waals surface area (Å²) in [6.45, 7) is 0.753. The Balaban J connectivity index is 2.02. The average molecular weight is 203 g/mol. The maximum absolute atomic E-state index is 5.54. The highest BCUT2D eigenvalue weighted by molar-refractivity contribution is 5.25. The molecule has 0 amide bonds. The first-order valence-corrected chi connectivity index (χ1v) is 6.19. The summed E-state index contributed by atoms with van der Waals surface area (Å²) in [7, 11) is 0. The van der Waals surface area contributed by atoms with E-state index < -0.39 is 0 Å². The summed E-state index contributed by atoms with van der Waals surface area (Å²) < 4.78 is 0. The highest BCUT2D eigenvalue weighted by Crippen LogP contribution is 2.32. The molecule has 0 unspecified atom stereocenters. The first-order chi connectivity index (χ1) is 7.40. The van der Waals surface area contributed by atoms with Crippen molar-refractivity contribution in [3.05, 3.63) is 35.4 Å². The number of benzene rings is 1. The van der Waals surface area contributed by atoms with E-state index in [1.807, 2.05) is 0 Å². The van der Waals surface area contributed by atoms with Crippen LogP contribution in [-0.2, 0) is 6.42 Å². The summed E-state index contributed by atoms with van der Waals surface area (Å²) in [5.41, 5.74) is 8.45. The van der Waals surface area contributed by atoms with Crippen molar-refractivity contribution >= 4 is 0 Å². The first kappa shape index (κ1) is 10.7. The molecular weight excluding hydrogens is 182 g/mol. The van der Waals surface area contributed by atoms with Crippen LogP contribution in [0.2, 0.25) is 0 Å². The molecule has 2 rings (SSSR count). The van der Waals surface area contributed by atoms with Crippen LogP contribution in [0.3, 0.4) is 0 Å². The second kappa shape index (κ2) is 5.32. The molecule has 1 aromatic rings. The van der Waals surface area contributed by atoms with Crippen LogP contribution in [0.15, 0.2) is 24.3 Å². The van der Waals surface area contributed by atoms with E-state index in [9.17, 15) is 0 Å². The zero-order valence-corrected chi connectivity index (χ0v) is 9.41. The van der Waals surface area contributed by atoms with Gasteiger partial charge in [0.15, 0.2) is 0 Å². The lowest BCUT2D eigenvalue weighted by Gasteiger charge is -2.22. The molecule has 0 aromatic heterocycles. The molecule has 1 aliphatic carbocycles. The van der Waals surface area contributed by atoms with Gasteiger partial charge in [0.05, 0.1) is 0 Å². The van der Waals surface area contributed by atoms with Crippen LogP contribution in [0.5, 0.6) is 0 Å². The third kappa shape index (κ3) is 2.82. The molecular formula is C14H21N. The van der Waals surface area contributed by atoms with E-state index in [-0.39, 0.29) is 0 Å². The van der Waals surface area contributed by atoms with E-state index in [0.717, 1.165) is 18.9 Å². The minimum atomic E-state index is 0.753. The molecule has 1 aromatic carbocycles. The Morgan fingerprint density at radius 1 is 1.00 bits per heavy atom. The summed E-state index contributed by atoms with van der Waals surface area (Å²) in [5, 5.41) is 0. The molecule has 0 spiro atoms. The fourth-order valence-corrected chi connectivity index (χ4v) is 2.56. The van der Waals surface area contributed by atoms with Gasteiger partial charge in [-0.25, -0.2) is 0 Å². The van der Waals surface area contributed by atoms with Gasteiger partial charge < -0.3 is 5.73 Å². The maximum atomic E-state index is 5.54. The van der Waals surface area contributed by atoms with Gasteiger partial charge >= 0.3 is 0 Å². The SMILES string of the molecule is NCCc1ccc(C2CCCCC2)cc1. The first-order valence-electron chi connectivity index (χ1n) is 6.19. The molecule has 2 N–H and O–H groups in total. The Kier molecular flexibility index (Phi) is 3.79. The van der Waals surface area contributed by atoms with E-state index in [2.05, 4.69) is 24.3 Å². The Labute approximate surface area is 92.7 Å². The highest BCUT2D eigenvalue weighted by atomic mass is 14.5. The molecule has 1 fully saturated rings. The van der Waals surface area contributed by atoms with Gasteiger partial charge in [-0.05, 0) is 42.9 Å². The smallest absolute Gasteiger partial charge is 0.00367 e. The van der Waals surface area contributed by atoms with E-state index in [4.69, 9.17) is 5.73 Å². The molecule has 0 radical (unpaired) electrons. The highest BCUT2D eigenvalue weighted by Gasteiger charge is 2.14. The largest absolute Gasteiger partial charge is 0.330 e. The Morgan fingerprint density at radius 3 is 2.27 bits per heavy atom. The van der Waals surface area contributed by atoms with Crippen molar-refractivity contribution in [1.82, 2.24) is 0 Å². The molecule has 1 heteroatoms. The van der Waals surface area contributed by atoms with Crippen molar-refractivity contribution in [2.45, 2.75) is 44.4 Å². The Morgan fingerprint density at radius 2 is 1.67 bits per heavy atom. The number of hydrogen-bond donors (Lipinski definition) is 1. The van der Waals surface area contributed by atoms with Crippen LogP contribution in [0.25, 0.3) is 0 Å². The molecule has 0 atom stereocenters. The third-order valence-electron chi connectivity index (χ3n) is 3.49. The van der Waals surface area contributed by atoms with Crippen LogP contribution in [0.1, 0.15) is 49.1 Å². The second-order valence-electron chi connectivity index (χ2n) is 4.62. The Hall–Kier alpha value is -0.820. The lowest BCUT2D eigenvalue weighted by molar-refractivity contribution is 0.443. The van der Waals surface area contributed by atoms with Crippen LogP contribution in [0.4, 0.5) is 0 Å². The van der Waals surface area contributed by atoms with Crippen molar-refractivity contribution in [3.63, 3.8) is 0 Å². The van der Waals surface area contributed by atoms with Gasteiger partial charge in [-0.15, -0.1) is 0 Å². The average Bonchev–Trinajstić information content (AvgIpc) is 2.32. The van der Waals surface area contributed by atoms with Gasteiger partial charge in [0.1, 0.15) is 0 Å². The topological polar surface area (TPSA) is 26.0 Å². The molecule has 82 valence electrons. The van der Waals surface area contributed by atoms with Crippen molar-refractivity contribution in [1.29, 1.82) is 0 Å². The lowest BCUT2D eigenvalue weighted by atomic mass is 9.84. The molecule has 1 nitrogen and oxygen atoms in total. The fraction of sp³-hybridized carbons (Fsp3) is 0.571. The molecule has 0 bridgehead atoms. The summed E-state index contributed by atoms with van der Waals surface area (Å²) in [4.78, 5) is 0. The second-order valence-corrected chi connectivity index (χ2v) is 4.62. The quantitative estimate of drug-likeness (QED) is 0.802. The van der Waals surface area contributed by atoms with Gasteiger partial charge in [-0.3, -0.25) is 0 Å². The predicted octanol–water partition coefficient (Wildman–Crippen LogP) is 3.24. The Bertz CT molecular complexity index is 283. The summed E-state index contributed by atoms with van der Waals surface area (Å²) in [6, 6.07) is 9.11. The van der Waals surface area contributed by atoms with Crippen LogP contribution in [0, 0.1) is 0 Å². The van der Waals surface area contributed by atoms with Crippen LogP contribution in [-0.4, -0.2) is 6.54 Å². The van der Waals surface area contributed by atoms with E-state index >= 15 is 0 Å². The number of rotatable bonds is 3. The van der Waals surface area contributed by atoms with Crippen molar-refractivity contribution in [3.8, 4) is 0 Å². The third-order valence-corrected chi connectivity index (χ3v) is 3.49. The van der Waals surface area contributed by atoms with Crippen molar-refractivity contribution in [2.75, 3.05) is 6.54 Å². The molecule has 0 saturated heterocycles. The van der Waals surface area contributed by atoms with E-state index in [0.29, 0.717) is 0 Å². The van der Waals surface area contributed by atoms with Crippen LogP contribution < -0.4 is 5.73 Å². The lowest BCUT2D eigenvalue weighted by Crippen LogP contribution is -2.05. The van der Waals surface area contributed by atoms with Gasteiger partial charge in [0.2, 0.25) is 0 Å². The summed E-state index contributed by atoms with van der Waals surface area (Å²) in [5.74, 6) is 0.825. The van der Waals surface area contributed by atoms with Crippen LogP contribution >= 0.6 is 0 Å². The molecule has 0 heterocycles. The number of hydrogen-bond acceptors (Lipinski definition) is 1. The monoisotopic (exact) mass is 203 g/mol. The van der Waals surface area contributed by atoms with Crippen molar-refractivity contribution in [2.24, 2.45) is 5.73 Å². The summed E-state index contributed by atoms with van der Waals surface area (Å²) >= 11 is 0. The standard InChI is InChI=1S/C14H21N/c15-11-10-12-6-8-14(9-7-12)13-4-2-1-3-5-13/h6-9,13H,1-5,10-11,15H2. The molecule has 1 aliphatic rings. The van der Waals surface area contributed by atoms with E-state index in [1.165, 1.54) is 43.2 Å². The predicted molar refractivity (Wildman–Crippen MR) is 65.0 cm³/mol. The van der Waals surface area contributed by atoms with Gasteiger partial charge in [0.25, 0.3) is 0 Å². The number of nitrogens with two attached hydrogens (primary N) is 1. The van der Waals surface area contributed by atoms with Gasteiger partial charge in [-0.1, -0.05) is 43.5 Å². The zero-order chi connectivity index (χ0) is 10.5. The van der Waals surface area contributed by atoms with Gasteiger partial charge in [-0.2, -0.15) is 0 Å². The normalized spacial score (nSPS) is 17.9. The summed E-state index contributed by atoms with van der Waals surface area (Å²) in [6.07, 6.45) is 8.03. The molecule has 1 saturated carbocycles. The zero-order valence-electron chi connectivity index (χ0n) is 9.41. The maximum Gasteiger partial charge on any atom is -0.00367 e.